The molecule has 166 valence electrons. The molecule has 0 saturated heterocycles. The summed E-state index contributed by atoms with van der Waals surface area (Å²) >= 11 is 0. The molecule has 1 fully saturated rings. The monoisotopic (exact) mass is 446 g/mol. The van der Waals surface area contributed by atoms with Gasteiger partial charge in [0.25, 0.3) is 12.4 Å². The number of halogens is 4. The van der Waals surface area contributed by atoms with E-state index >= 15 is 0 Å². The highest BCUT2D eigenvalue weighted by Crippen LogP contribution is 2.56. The van der Waals surface area contributed by atoms with Gasteiger partial charge in [-0.1, -0.05) is 6.07 Å². The van der Waals surface area contributed by atoms with E-state index in [1.165, 1.54) is 31.5 Å². The fourth-order valence-electron chi connectivity index (χ4n) is 4.35. The van der Waals surface area contributed by atoms with E-state index in [9.17, 15) is 17.6 Å². The van der Waals surface area contributed by atoms with Gasteiger partial charge >= 0.3 is 0 Å². The average Bonchev–Trinajstić information content (AvgIpc) is 3.55. The predicted molar refractivity (Wildman–Crippen MR) is 108 cm³/mol. The highest BCUT2D eigenvalue weighted by Gasteiger charge is 2.64. The minimum atomic E-state index is -2.98. The molecule has 1 aliphatic carbocycles. The lowest BCUT2D eigenvalue weighted by Gasteiger charge is -2.33. The maximum absolute atomic E-state index is 14.8. The standard InChI is InChI=1S/C22H18F4N4O2/c1-31-11-6-12-16(24)9-28-17(19(12)29-8-11)5-10-2-3-15(23)13(4-10)22(20(25)26)14-7-18(14)32-21(27)30-22/h2-4,6,8-9,14,18,20H,5,7H2,1H3,(H2,27,30)/t14-,18+,22+/m0/s1. The number of rotatable bonds is 5. The van der Waals surface area contributed by atoms with Gasteiger partial charge in [0.1, 0.15) is 17.7 Å². The zero-order chi connectivity index (χ0) is 22.6. The van der Waals surface area contributed by atoms with Crippen molar-refractivity contribution in [3.8, 4) is 5.75 Å². The van der Waals surface area contributed by atoms with Gasteiger partial charge in [-0.05, 0) is 30.2 Å². The van der Waals surface area contributed by atoms with Crippen LogP contribution in [-0.4, -0.2) is 35.6 Å². The Labute approximate surface area is 180 Å². The molecule has 0 spiro atoms. The number of aromatic nitrogens is 2. The third-order valence-corrected chi connectivity index (χ3v) is 5.99. The van der Waals surface area contributed by atoms with Crippen LogP contribution in [0.3, 0.4) is 0 Å². The van der Waals surface area contributed by atoms with E-state index in [4.69, 9.17) is 15.2 Å². The molecule has 1 saturated carbocycles. The topological polar surface area (TPSA) is 82.6 Å². The normalized spacial score (nSPS) is 24.1. The van der Waals surface area contributed by atoms with Crippen molar-refractivity contribution in [3.63, 3.8) is 0 Å². The number of fused-ring (bicyclic) bond motifs is 2. The average molecular weight is 446 g/mol. The molecule has 32 heavy (non-hydrogen) atoms. The van der Waals surface area contributed by atoms with E-state index in [1.807, 2.05) is 0 Å². The predicted octanol–water partition coefficient (Wildman–Crippen LogP) is 3.70. The molecule has 0 unspecified atom stereocenters. The maximum atomic E-state index is 14.8. The van der Waals surface area contributed by atoms with E-state index in [1.54, 1.807) is 0 Å². The van der Waals surface area contributed by atoms with Crippen molar-refractivity contribution in [2.24, 2.45) is 16.6 Å². The second-order valence-corrected chi connectivity index (χ2v) is 7.89. The Balaban J connectivity index is 1.59. The lowest BCUT2D eigenvalue weighted by atomic mass is 9.83. The quantitative estimate of drug-likeness (QED) is 0.605. The molecular formula is C22H18F4N4O2. The molecule has 3 atom stereocenters. The van der Waals surface area contributed by atoms with Gasteiger partial charge in [-0.25, -0.2) is 22.6 Å². The zero-order valence-electron chi connectivity index (χ0n) is 16.9. The van der Waals surface area contributed by atoms with Crippen LogP contribution in [0.1, 0.15) is 23.2 Å². The minimum Gasteiger partial charge on any atom is -0.495 e. The summed E-state index contributed by atoms with van der Waals surface area (Å²) in [5.41, 5.74) is 4.47. The van der Waals surface area contributed by atoms with Crippen molar-refractivity contribution < 1.29 is 27.0 Å². The number of amidine groups is 1. The SMILES string of the molecule is COc1cnc2c(Cc3ccc(F)c([C@@]4(C(F)F)N=C(N)O[C@@H]5C[C@@H]54)c3)ncc(F)c2c1. The van der Waals surface area contributed by atoms with Gasteiger partial charge in [0.2, 0.25) is 0 Å². The van der Waals surface area contributed by atoms with Crippen LogP contribution >= 0.6 is 0 Å². The number of nitrogens with zero attached hydrogens (tertiary/aromatic N) is 3. The number of ether oxygens (including phenoxy) is 2. The highest BCUT2D eigenvalue weighted by molar-refractivity contribution is 5.82. The molecule has 1 aliphatic heterocycles. The summed E-state index contributed by atoms with van der Waals surface area (Å²) in [5.74, 6) is -1.67. The first-order valence-electron chi connectivity index (χ1n) is 9.89. The minimum absolute atomic E-state index is 0.118. The van der Waals surface area contributed by atoms with Gasteiger partial charge in [-0.3, -0.25) is 9.97 Å². The highest BCUT2D eigenvalue weighted by atomic mass is 19.3. The fraction of sp³-hybridized carbons (Fsp3) is 0.318. The molecule has 1 aromatic carbocycles. The Morgan fingerprint density at radius 1 is 1.19 bits per heavy atom. The smallest absolute Gasteiger partial charge is 0.283 e. The summed E-state index contributed by atoms with van der Waals surface area (Å²) in [4.78, 5) is 12.2. The summed E-state index contributed by atoms with van der Waals surface area (Å²) in [6.07, 6.45) is -0.570. The molecule has 0 amide bonds. The molecule has 0 radical (unpaired) electrons. The van der Waals surface area contributed by atoms with E-state index in [0.29, 0.717) is 28.9 Å². The van der Waals surface area contributed by atoms with Gasteiger partial charge in [0, 0.05) is 23.3 Å². The second kappa shape index (κ2) is 7.32. The number of hydrogen-bond donors (Lipinski definition) is 1. The first kappa shape index (κ1) is 20.5. The molecule has 6 nitrogen and oxygen atoms in total. The lowest BCUT2D eigenvalue weighted by Crippen LogP contribution is -2.43. The van der Waals surface area contributed by atoms with Gasteiger partial charge in [-0.15, -0.1) is 0 Å². The first-order chi connectivity index (χ1) is 15.3. The first-order valence-corrected chi connectivity index (χ1v) is 9.89. The number of nitrogens with two attached hydrogens (primary N) is 1. The van der Waals surface area contributed by atoms with E-state index in [0.717, 1.165) is 12.3 Å². The van der Waals surface area contributed by atoms with Gasteiger partial charge in [0.15, 0.2) is 11.4 Å². The number of hydrogen-bond acceptors (Lipinski definition) is 6. The van der Waals surface area contributed by atoms with Crippen LogP contribution < -0.4 is 10.5 Å². The third-order valence-electron chi connectivity index (χ3n) is 5.99. The van der Waals surface area contributed by atoms with Crippen LogP contribution in [0.4, 0.5) is 17.6 Å². The van der Waals surface area contributed by atoms with Crippen LogP contribution in [-0.2, 0) is 16.7 Å². The molecular weight excluding hydrogens is 428 g/mol. The van der Waals surface area contributed by atoms with E-state index in [-0.39, 0.29) is 23.4 Å². The summed E-state index contributed by atoms with van der Waals surface area (Å²) in [5, 5.41) is 0.211. The van der Waals surface area contributed by atoms with Crippen molar-refractivity contribution >= 4 is 16.9 Å². The van der Waals surface area contributed by atoms with Crippen LogP contribution in [0.25, 0.3) is 10.9 Å². The van der Waals surface area contributed by atoms with E-state index in [2.05, 4.69) is 15.0 Å². The van der Waals surface area contributed by atoms with Crippen LogP contribution in [0.2, 0.25) is 0 Å². The zero-order valence-corrected chi connectivity index (χ0v) is 16.9. The Kier molecular flexibility index (Phi) is 4.68. The van der Waals surface area contributed by atoms with Crippen molar-refractivity contribution in [2.75, 3.05) is 7.11 Å². The molecule has 0 bridgehead atoms. The lowest BCUT2D eigenvalue weighted by molar-refractivity contribution is 0.0176. The second-order valence-electron chi connectivity index (χ2n) is 7.89. The Bertz CT molecular complexity index is 1250. The van der Waals surface area contributed by atoms with Crippen LogP contribution in [0, 0.1) is 17.6 Å². The number of aliphatic imine (C=N–C) groups is 1. The van der Waals surface area contributed by atoms with Gasteiger partial charge in [-0.2, -0.15) is 0 Å². The third kappa shape index (κ3) is 3.12. The number of benzene rings is 1. The fourth-order valence-corrected chi connectivity index (χ4v) is 4.35. The molecule has 2 N–H and O–H groups in total. The summed E-state index contributed by atoms with van der Waals surface area (Å²) in [6, 6.07) is 5.06. The molecule has 3 aromatic rings. The molecule has 3 heterocycles. The number of methoxy groups -OCH3 is 1. The molecule has 2 aliphatic rings. The van der Waals surface area contributed by atoms with Gasteiger partial charge in [0.05, 0.1) is 30.7 Å². The molecule has 10 heteroatoms. The van der Waals surface area contributed by atoms with Crippen molar-refractivity contribution in [1.29, 1.82) is 0 Å². The Hall–Kier alpha value is -3.43. The summed E-state index contributed by atoms with van der Waals surface area (Å²) in [7, 11) is 1.44. The number of alkyl halides is 2. The largest absolute Gasteiger partial charge is 0.495 e. The molecule has 2 aromatic heterocycles. The van der Waals surface area contributed by atoms with Crippen LogP contribution in [0.5, 0.6) is 5.75 Å². The Morgan fingerprint density at radius 3 is 2.75 bits per heavy atom. The van der Waals surface area contributed by atoms with E-state index < -0.39 is 35.6 Å². The summed E-state index contributed by atoms with van der Waals surface area (Å²) in [6.45, 7) is 0. The Morgan fingerprint density at radius 2 is 2.00 bits per heavy atom. The summed E-state index contributed by atoms with van der Waals surface area (Å²) < 4.78 is 68.1. The van der Waals surface area contributed by atoms with Crippen molar-refractivity contribution in [2.45, 2.75) is 30.9 Å². The van der Waals surface area contributed by atoms with Crippen molar-refractivity contribution in [1.82, 2.24) is 9.97 Å². The van der Waals surface area contributed by atoms with Crippen LogP contribution in [0.15, 0.2) is 41.7 Å². The molecule has 5 rings (SSSR count). The van der Waals surface area contributed by atoms with Gasteiger partial charge < -0.3 is 15.2 Å². The number of pyridine rings is 2. The van der Waals surface area contributed by atoms with Crippen molar-refractivity contribution in [3.05, 3.63) is 65.1 Å². The maximum Gasteiger partial charge on any atom is 0.283 e.